The lowest BCUT2D eigenvalue weighted by atomic mass is 10.0. The summed E-state index contributed by atoms with van der Waals surface area (Å²) in [5.41, 5.74) is 0. The van der Waals surface area contributed by atoms with Crippen molar-refractivity contribution < 1.29 is 4.79 Å². The minimum Gasteiger partial charge on any atom is -0.356 e. The van der Waals surface area contributed by atoms with Crippen molar-refractivity contribution in [1.29, 1.82) is 0 Å². The van der Waals surface area contributed by atoms with E-state index < -0.39 is 0 Å². The van der Waals surface area contributed by atoms with Crippen molar-refractivity contribution in [2.45, 2.75) is 43.5 Å². The van der Waals surface area contributed by atoms with Crippen LogP contribution < -0.4 is 10.6 Å². The molecule has 1 aromatic rings. The second-order valence-electron chi connectivity index (χ2n) is 6.27. The number of amides is 1. The summed E-state index contributed by atoms with van der Waals surface area (Å²) in [7, 11) is 1.76. The van der Waals surface area contributed by atoms with E-state index in [0.29, 0.717) is 19.0 Å². The van der Waals surface area contributed by atoms with Crippen molar-refractivity contribution in [2.75, 3.05) is 32.4 Å². The second kappa shape index (κ2) is 13.2. The fraction of sp³-hybridized carbons (Fsp3) is 0.579. The second-order valence-corrected chi connectivity index (χ2v) is 7.44. The van der Waals surface area contributed by atoms with Crippen molar-refractivity contribution >= 4 is 47.6 Å². The minimum absolute atomic E-state index is 0. The number of hydrogen-bond donors (Lipinski definition) is 2. The topological polar surface area (TPSA) is 56.7 Å². The van der Waals surface area contributed by atoms with E-state index >= 15 is 0 Å². The fourth-order valence-corrected chi connectivity index (χ4v) is 3.77. The molecule has 1 heterocycles. The molecule has 5 nitrogen and oxygen atoms in total. The first-order valence-electron chi connectivity index (χ1n) is 9.12. The van der Waals surface area contributed by atoms with Crippen molar-refractivity contribution in [2.24, 2.45) is 4.99 Å². The SMILES string of the molecule is CN=C(NCCSc1ccccc1)NCCC(=O)N1CCCCC1C.I. The van der Waals surface area contributed by atoms with Gasteiger partial charge in [-0.05, 0) is 38.3 Å². The van der Waals surface area contributed by atoms with Gasteiger partial charge in [-0.3, -0.25) is 9.79 Å². The first-order valence-corrected chi connectivity index (χ1v) is 10.1. The van der Waals surface area contributed by atoms with Gasteiger partial charge in [-0.1, -0.05) is 18.2 Å². The predicted molar refractivity (Wildman–Crippen MR) is 122 cm³/mol. The molecule has 1 aromatic carbocycles. The number of thioether (sulfide) groups is 1. The molecule has 1 atom stereocenters. The zero-order chi connectivity index (χ0) is 17.9. The molecule has 1 unspecified atom stereocenters. The van der Waals surface area contributed by atoms with Crippen LogP contribution in [0.4, 0.5) is 0 Å². The van der Waals surface area contributed by atoms with E-state index in [9.17, 15) is 4.79 Å². The fourth-order valence-electron chi connectivity index (χ4n) is 2.98. The third-order valence-electron chi connectivity index (χ3n) is 4.38. The molecule has 26 heavy (non-hydrogen) atoms. The predicted octanol–water partition coefficient (Wildman–Crippen LogP) is 3.35. The van der Waals surface area contributed by atoms with Crippen LogP contribution in [0.2, 0.25) is 0 Å². The number of carbonyl (C=O) groups excluding carboxylic acids is 1. The summed E-state index contributed by atoms with van der Waals surface area (Å²) in [6.45, 7) is 4.50. The van der Waals surface area contributed by atoms with Crippen LogP contribution in [-0.2, 0) is 4.79 Å². The molecule has 146 valence electrons. The van der Waals surface area contributed by atoms with Crippen LogP contribution >= 0.6 is 35.7 Å². The number of piperidine rings is 1. The van der Waals surface area contributed by atoms with E-state index in [4.69, 9.17) is 0 Å². The molecule has 1 aliphatic heterocycles. The highest BCUT2D eigenvalue weighted by Crippen LogP contribution is 2.17. The number of likely N-dealkylation sites (tertiary alicyclic amines) is 1. The highest BCUT2D eigenvalue weighted by Gasteiger charge is 2.22. The van der Waals surface area contributed by atoms with Crippen LogP contribution in [0.5, 0.6) is 0 Å². The Hall–Kier alpha value is -0.960. The first kappa shape index (κ1) is 23.1. The quantitative estimate of drug-likeness (QED) is 0.202. The zero-order valence-electron chi connectivity index (χ0n) is 15.7. The highest BCUT2D eigenvalue weighted by atomic mass is 127. The number of guanidine groups is 1. The third kappa shape index (κ3) is 8.16. The first-order chi connectivity index (χ1) is 12.2. The minimum atomic E-state index is 0. The van der Waals surface area contributed by atoms with E-state index in [-0.39, 0.29) is 29.9 Å². The molecule has 0 radical (unpaired) electrons. The molecule has 1 fully saturated rings. The van der Waals surface area contributed by atoms with Gasteiger partial charge >= 0.3 is 0 Å². The molecule has 0 saturated carbocycles. The normalized spacial score (nSPS) is 17.4. The van der Waals surface area contributed by atoms with E-state index in [1.54, 1.807) is 7.05 Å². The van der Waals surface area contributed by atoms with Crippen LogP contribution in [0, 0.1) is 0 Å². The summed E-state index contributed by atoms with van der Waals surface area (Å²) in [4.78, 5) is 19.8. The Morgan fingerprint density at radius 1 is 1.23 bits per heavy atom. The lowest BCUT2D eigenvalue weighted by Crippen LogP contribution is -2.44. The molecule has 0 bridgehead atoms. The molecule has 1 aliphatic rings. The lowest BCUT2D eigenvalue weighted by Gasteiger charge is -2.33. The molecule has 0 spiro atoms. The van der Waals surface area contributed by atoms with E-state index in [1.165, 1.54) is 11.3 Å². The Morgan fingerprint density at radius 3 is 2.65 bits per heavy atom. The number of aliphatic imine (C=N–C) groups is 1. The van der Waals surface area contributed by atoms with Gasteiger partial charge in [0.2, 0.25) is 5.91 Å². The Balaban J connectivity index is 0.00000338. The third-order valence-corrected chi connectivity index (χ3v) is 5.40. The van der Waals surface area contributed by atoms with Gasteiger partial charge in [0.25, 0.3) is 0 Å². The average molecular weight is 490 g/mol. The summed E-state index contributed by atoms with van der Waals surface area (Å²) >= 11 is 1.81. The molecular weight excluding hydrogens is 459 g/mol. The van der Waals surface area contributed by atoms with Gasteiger partial charge in [0, 0.05) is 49.8 Å². The molecule has 2 rings (SSSR count). The molecule has 7 heteroatoms. The number of nitrogens with zero attached hydrogens (tertiary/aromatic N) is 2. The van der Waals surface area contributed by atoms with Crippen molar-refractivity contribution in [3.05, 3.63) is 30.3 Å². The van der Waals surface area contributed by atoms with Crippen LogP contribution in [-0.4, -0.2) is 55.2 Å². The zero-order valence-corrected chi connectivity index (χ0v) is 18.9. The average Bonchev–Trinajstić information content (AvgIpc) is 2.64. The maximum Gasteiger partial charge on any atom is 0.224 e. The van der Waals surface area contributed by atoms with Gasteiger partial charge in [-0.2, -0.15) is 0 Å². The summed E-state index contributed by atoms with van der Waals surface area (Å²) < 4.78 is 0. The van der Waals surface area contributed by atoms with E-state index in [2.05, 4.69) is 46.8 Å². The Morgan fingerprint density at radius 2 is 1.96 bits per heavy atom. The van der Waals surface area contributed by atoms with Crippen LogP contribution in [0.25, 0.3) is 0 Å². The maximum absolute atomic E-state index is 12.3. The summed E-state index contributed by atoms with van der Waals surface area (Å²) in [5, 5.41) is 6.53. The van der Waals surface area contributed by atoms with Crippen molar-refractivity contribution in [1.82, 2.24) is 15.5 Å². The van der Waals surface area contributed by atoms with Gasteiger partial charge in [0.15, 0.2) is 5.96 Å². The number of nitrogens with one attached hydrogen (secondary N) is 2. The molecule has 2 N–H and O–H groups in total. The summed E-state index contributed by atoms with van der Waals surface area (Å²) in [6.07, 6.45) is 4.01. The molecule has 0 aromatic heterocycles. The number of carbonyl (C=O) groups is 1. The Labute approximate surface area is 178 Å². The monoisotopic (exact) mass is 490 g/mol. The van der Waals surface area contributed by atoms with Crippen molar-refractivity contribution in [3.8, 4) is 0 Å². The maximum atomic E-state index is 12.3. The lowest BCUT2D eigenvalue weighted by molar-refractivity contribution is -0.134. The number of hydrogen-bond acceptors (Lipinski definition) is 3. The molecule has 1 saturated heterocycles. The van der Waals surface area contributed by atoms with E-state index in [1.807, 2.05) is 22.7 Å². The Kier molecular flexibility index (Phi) is 11.8. The number of rotatable bonds is 7. The summed E-state index contributed by atoms with van der Waals surface area (Å²) in [6, 6.07) is 10.7. The number of benzene rings is 1. The van der Waals surface area contributed by atoms with Gasteiger partial charge in [-0.25, -0.2) is 0 Å². The molecular formula is C19H31IN4OS. The standard InChI is InChI=1S/C19H30N4OS.HI/c1-16-8-6-7-14-23(16)18(24)11-12-21-19(20-2)22-13-15-25-17-9-4-3-5-10-17;/h3-5,9-10,16H,6-8,11-15H2,1-2H3,(H2,20,21,22);1H. The van der Waals surface area contributed by atoms with Crippen LogP contribution in [0.1, 0.15) is 32.6 Å². The smallest absolute Gasteiger partial charge is 0.224 e. The van der Waals surface area contributed by atoms with Crippen LogP contribution in [0.15, 0.2) is 40.2 Å². The van der Waals surface area contributed by atoms with Gasteiger partial charge < -0.3 is 15.5 Å². The highest BCUT2D eigenvalue weighted by molar-refractivity contribution is 14.0. The van der Waals surface area contributed by atoms with Crippen molar-refractivity contribution in [3.63, 3.8) is 0 Å². The van der Waals surface area contributed by atoms with Crippen LogP contribution in [0.3, 0.4) is 0 Å². The molecule has 1 amide bonds. The Bertz CT molecular complexity index is 556. The van der Waals surface area contributed by atoms with Gasteiger partial charge in [0.1, 0.15) is 0 Å². The van der Waals surface area contributed by atoms with Gasteiger partial charge in [-0.15, -0.1) is 35.7 Å². The van der Waals surface area contributed by atoms with E-state index in [0.717, 1.165) is 37.6 Å². The summed E-state index contributed by atoms with van der Waals surface area (Å²) in [5.74, 6) is 1.97. The number of halogens is 1. The van der Waals surface area contributed by atoms with Gasteiger partial charge in [0.05, 0.1) is 0 Å². The molecule has 0 aliphatic carbocycles. The largest absolute Gasteiger partial charge is 0.356 e.